The minimum atomic E-state index is -3.62. The SMILES string of the molecule is CSc1ccc(C(=O)CS(=O)(=O)c2ccc(Br)cc2)cc1. The van der Waals surface area contributed by atoms with Gasteiger partial charge in [0.1, 0.15) is 5.75 Å². The molecule has 0 aliphatic carbocycles. The highest BCUT2D eigenvalue weighted by molar-refractivity contribution is 9.10. The van der Waals surface area contributed by atoms with Crippen molar-refractivity contribution in [2.75, 3.05) is 12.0 Å². The lowest BCUT2D eigenvalue weighted by atomic mass is 10.1. The molecule has 21 heavy (non-hydrogen) atoms. The third kappa shape index (κ3) is 4.18. The molecule has 0 saturated heterocycles. The molecule has 0 heterocycles. The maximum atomic E-state index is 12.2. The Morgan fingerprint density at radius 3 is 2.14 bits per heavy atom. The van der Waals surface area contributed by atoms with E-state index in [1.54, 1.807) is 36.0 Å². The van der Waals surface area contributed by atoms with Crippen LogP contribution < -0.4 is 0 Å². The van der Waals surface area contributed by atoms with Crippen LogP contribution in [0.4, 0.5) is 0 Å². The van der Waals surface area contributed by atoms with Gasteiger partial charge in [-0.2, -0.15) is 0 Å². The van der Waals surface area contributed by atoms with E-state index in [9.17, 15) is 13.2 Å². The molecule has 0 unspecified atom stereocenters. The summed E-state index contributed by atoms with van der Waals surface area (Å²) in [6.45, 7) is 0. The molecule has 0 saturated carbocycles. The van der Waals surface area contributed by atoms with E-state index in [2.05, 4.69) is 15.9 Å². The van der Waals surface area contributed by atoms with Crippen molar-refractivity contribution in [1.29, 1.82) is 0 Å². The summed E-state index contributed by atoms with van der Waals surface area (Å²) in [5, 5.41) is 0. The lowest BCUT2D eigenvalue weighted by Gasteiger charge is -2.05. The number of sulfone groups is 1. The van der Waals surface area contributed by atoms with Gasteiger partial charge in [-0.15, -0.1) is 11.8 Å². The third-order valence-electron chi connectivity index (χ3n) is 2.91. The van der Waals surface area contributed by atoms with Crippen molar-refractivity contribution < 1.29 is 13.2 Å². The van der Waals surface area contributed by atoms with Gasteiger partial charge in [0.15, 0.2) is 15.6 Å². The summed E-state index contributed by atoms with van der Waals surface area (Å²) in [7, 11) is -3.62. The second kappa shape index (κ2) is 6.77. The van der Waals surface area contributed by atoms with Gasteiger partial charge in [0, 0.05) is 14.9 Å². The molecule has 2 aromatic carbocycles. The highest BCUT2D eigenvalue weighted by Gasteiger charge is 2.20. The van der Waals surface area contributed by atoms with Crippen molar-refractivity contribution in [3.63, 3.8) is 0 Å². The molecule has 0 amide bonds. The van der Waals surface area contributed by atoms with Crippen LogP contribution in [0.25, 0.3) is 0 Å². The number of ketones is 1. The van der Waals surface area contributed by atoms with Crippen molar-refractivity contribution in [2.24, 2.45) is 0 Å². The number of hydrogen-bond acceptors (Lipinski definition) is 4. The van der Waals surface area contributed by atoms with Crippen molar-refractivity contribution in [1.82, 2.24) is 0 Å². The standard InChI is InChI=1S/C15H13BrO3S2/c1-20-13-6-2-11(3-7-13)15(17)10-21(18,19)14-8-4-12(16)5-9-14/h2-9H,10H2,1H3. The summed E-state index contributed by atoms with van der Waals surface area (Å²) in [6.07, 6.45) is 1.94. The van der Waals surface area contributed by atoms with E-state index in [4.69, 9.17) is 0 Å². The van der Waals surface area contributed by atoms with Gasteiger partial charge in [0.05, 0.1) is 4.90 Å². The summed E-state index contributed by atoms with van der Waals surface area (Å²) in [5.41, 5.74) is 0.411. The first-order valence-electron chi connectivity index (χ1n) is 6.08. The third-order valence-corrected chi connectivity index (χ3v) is 5.81. The highest BCUT2D eigenvalue weighted by atomic mass is 79.9. The fourth-order valence-corrected chi connectivity index (χ4v) is 3.66. The zero-order valence-corrected chi connectivity index (χ0v) is 14.5. The minimum Gasteiger partial charge on any atom is -0.293 e. The Hall–Kier alpha value is -1.11. The molecule has 0 aliphatic heterocycles. The van der Waals surface area contributed by atoms with E-state index in [1.165, 1.54) is 12.1 Å². The van der Waals surface area contributed by atoms with Gasteiger partial charge in [-0.05, 0) is 42.7 Å². The number of Topliss-reactive ketones (excluding diaryl/α,β-unsaturated/α-hetero) is 1. The van der Waals surface area contributed by atoms with Crippen molar-refractivity contribution >= 4 is 43.3 Å². The predicted molar refractivity (Wildman–Crippen MR) is 88.7 cm³/mol. The maximum Gasteiger partial charge on any atom is 0.185 e. The largest absolute Gasteiger partial charge is 0.293 e. The molecule has 0 aliphatic rings. The van der Waals surface area contributed by atoms with Gasteiger partial charge in [0.25, 0.3) is 0 Å². The van der Waals surface area contributed by atoms with Gasteiger partial charge in [-0.25, -0.2) is 8.42 Å². The van der Waals surface area contributed by atoms with Crippen molar-refractivity contribution in [2.45, 2.75) is 9.79 Å². The van der Waals surface area contributed by atoms with Crippen LogP contribution in [0.3, 0.4) is 0 Å². The molecule has 0 aromatic heterocycles. The highest BCUT2D eigenvalue weighted by Crippen LogP contribution is 2.18. The molecule has 0 N–H and O–H groups in total. The van der Waals surface area contributed by atoms with Crippen LogP contribution in [0.15, 0.2) is 62.8 Å². The van der Waals surface area contributed by atoms with Crippen molar-refractivity contribution in [3.05, 3.63) is 58.6 Å². The van der Waals surface area contributed by atoms with Crippen LogP contribution in [0.2, 0.25) is 0 Å². The quantitative estimate of drug-likeness (QED) is 0.580. The topological polar surface area (TPSA) is 51.2 Å². The normalized spacial score (nSPS) is 11.3. The summed E-state index contributed by atoms with van der Waals surface area (Å²) in [5.74, 6) is -0.918. The Morgan fingerprint density at radius 2 is 1.62 bits per heavy atom. The Morgan fingerprint density at radius 1 is 1.05 bits per heavy atom. The Labute approximate surface area is 136 Å². The average Bonchev–Trinajstić information content (AvgIpc) is 2.47. The van der Waals surface area contributed by atoms with Crippen LogP contribution in [0, 0.1) is 0 Å². The number of hydrogen-bond donors (Lipinski definition) is 0. The first kappa shape index (κ1) is 16.3. The molecule has 110 valence electrons. The molecule has 3 nitrogen and oxygen atoms in total. The number of thioether (sulfide) groups is 1. The summed E-state index contributed by atoms with van der Waals surface area (Å²) in [6, 6.07) is 13.2. The summed E-state index contributed by atoms with van der Waals surface area (Å²) < 4.78 is 25.2. The van der Waals surface area contributed by atoms with Crippen LogP contribution in [0.5, 0.6) is 0 Å². The lowest BCUT2D eigenvalue weighted by molar-refractivity contribution is 0.102. The van der Waals surface area contributed by atoms with Gasteiger partial charge >= 0.3 is 0 Å². The fraction of sp³-hybridized carbons (Fsp3) is 0.133. The minimum absolute atomic E-state index is 0.153. The molecule has 0 atom stereocenters. The molecule has 2 rings (SSSR count). The van der Waals surface area contributed by atoms with Gasteiger partial charge in [-0.3, -0.25) is 4.79 Å². The molecular formula is C15H13BrO3S2. The van der Waals surface area contributed by atoms with E-state index >= 15 is 0 Å². The molecule has 0 bridgehead atoms. The molecule has 0 spiro atoms. The Bertz CT molecular complexity index is 735. The lowest BCUT2D eigenvalue weighted by Crippen LogP contribution is -2.16. The second-order valence-electron chi connectivity index (χ2n) is 4.36. The maximum absolute atomic E-state index is 12.2. The fourth-order valence-electron chi connectivity index (χ4n) is 1.76. The Kier molecular flexibility index (Phi) is 5.24. The number of carbonyl (C=O) groups is 1. The molecule has 2 aromatic rings. The van der Waals surface area contributed by atoms with E-state index in [0.717, 1.165) is 9.37 Å². The van der Waals surface area contributed by atoms with E-state index in [0.29, 0.717) is 5.56 Å². The smallest absolute Gasteiger partial charge is 0.185 e. The first-order valence-corrected chi connectivity index (χ1v) is 9.75. The van der Waals surface area contributed by atoms with E-state index in [1.807, 2.05) is 18.4 Å². The van der Waals surface area contributed by atoms with Crippen molar-refractivity contribution in [3.8, 4) is 0 Å². The van der Waals surface area contributed by atoms with Gasteiger partial charge < -0.3 is 0 Å². The van der Waals surface area contributed by atoms with Crippen LogP contribution in [0.1, 0.15) is 10.4 Å². The molecule has 0 fully saturated rings. The zero-order valence-electron chi connectivity index (χ0n) is 11.2. The summed E-state index contributed by atoms with van der Waals surface area (Å²) in [4.78, 5) is 13.3. The van der Waals surface area contributed by atoms with E-state index in [-0.39, 0.29) is 4.90 Å². The average molecular weight is 385 g/mol. The predicted octanol–water partition coefficient (Wildman–Crippen LogP) is 3.83. The number of carbonyl (C=O) groups excluding carboxylic acids is 1. The second-order valence-corrected chi connectivity index (χ2v) is 8.15. The van der Waals surface area contributed by atoms with E-state index < -0.39 is 21.4 Å². The van der Waals surface area contributed by atoms with Crippen LogP contribution in [-0.4, -0.2) is 26.2 Å². The van der Waals surface area contributed by atoms with Gasteiger partial charge in [-0.1, -0.05) is 28.1 Å². The molecule has 0 radical (unpaired) electrons. The number of benzene rings is 2. The zero-order chi connectivity index (χ0) is 15.5. The van der Waals surface area contributed by atoms with Gasteiger partial charge in [0.2, 0.25) is 0 Å². The van der Waals surface area contributed by atoms with Crippen LogP contribution in [-0.2, 0) is 9.84 Å². The molecular weight excluding hydrogens is 372 g/mol. The monoisotopic (exact) mass is 384 g/mol. The summed E-state index contributed by atoms with van der Waals surface area (Å²) >= 11 is 4.82. The number of rotatable bonds is 5. The Balaban J connectivity index is 2.19. The molecule has 6 heteroatoms. The first-order chi connectivity index (χ1) is 9.92. The van der Waals surface area contributed by atoms with Crippen LogP contribution >= 0.6 is 27.7 Å². The number of halogens is 1.